The van der Waals surface area contributed by atoms with E-state index in [2.05, 4.69) is 13.2 Å². The molecule has 0 heterocycles. The van der Waals surface area contributed by atoms with Crippen LogP contribution in [-0.4, -0.2) is 33.2 Å². The van der Waals surface area contributed by atoms with E-state index in [1.165, 1.54) is 58.4 Å². The van der Waals surface area contributed by atoms with Crippen LogP contribution in [-0.2, 0) is 14.2 Å². The second kappa shape index (κ2) is 12.1. The van der Waals surface area contributed by atoms with Gasteiger partial charge in [0.05, 0.1) is 0 Å². The van der Waals surface area contributed by atoms with E-state index in [0.29, 0.717) is 23.0 Å². The lowest BCUT2D eigenvalue weighted by Crippen LogP contribution is -2.02. The highest BCUT2D eigenvalue weighted by Gasteiger charge is 2.26. The first-order valence-electron chi connectivity index (χ1n) is 7.05. The zero-order chi connectivity index (χ0) is 17.8. The Hall–Kier alpha value is -0.330. The normalized spacial score (nSPS) is 11.0. The smallest absolute Gasteiger partial charge is 0.219 e. The van der Waals surface area contributed by atoms with E-state index in [4.69, 9.17) is 0 Å². The lowest BCUT2D eigenvalue weighted by Gasteiger charge is -2.17. The Balaban J connectivity index is 2.61. The van der Waals surface area contributed by atoms with E-state index in [1.54, 1.807) is 0 Å². The minimum absolute atomic E-state index is 0.0721. The van der Waals surface area contributed by atoms with Gasteiger partial charge in [-0.1, -0.05) is 77.6 Å². The van der Waals surface area contributed by atoms with Crippen LogP contribution in [0.15, 0.2) is 55.6 Å². The van der Waals surface area contributed by atoms with Gasteiger partial charge < -0.3 is 0 Å². The summed E-state index contributed by atoms with van der Waals surface area (Å²) in [5.41, 5.74) is -2.68. The van der Waals surface area contributed by atoms with E-state index >= 15 is 0 Å². The third kappa shape index (κ3) is 8.17. The van der Waals surface area contributed by atoms with Crippen molar-refractivity contribution in [3.8, 4) is 0 Å². The minimum Gasteiger partial charge on any atom is -0.295 e. The topological polar surface area (TPSA) is 51.2 Å². The van der Waals surface area contributed by atoms with Crippen molar-refractivity contribution in [1.82, 2.24) is 0 Å². The molecule has 1 aromatic rings. The van der Waals surface area contributed by atoms with Crippen molar-refractivity contribution >= 4 is 67.4 Å². The van der Waals surface area contributed by atoms with Crippen molar-refractivity contribution in [3.63, 3.8) is 0 Å². The average molecular weight is 419 g/mol. The van der Waals surface area contributed by atoms with Crippen molar-refractivity contribution in [2.24, 2.45) is 0 Å². The zero-order valence-electron chi connectivity index (χ0n) is 13.1. The third-order valence-corrected chi connectivity index (χ3v) is 13.5. The Labute approximate surface area is 159 Å². The first-order chi connectivity index (χ1) is 11.5. The van der Waals surface area contributed by atoms with Gasteiger partial charge in [0, 0.05) is 28.3 Å². The van der Waals surface area contributed by atoms with Gasteiger partial charge in [-0.25, -0.2) is 0 Å². The summed E-state index contributed by atoms with van der Waals surface area (Å²) in [5.74, 6) is 2.41. The molecular weight excluding hydrogens is 399 g/mol. The SMILES string of the molecule is C=CC(=O)SCCSP(=O)(SCCSC(=O)C=C)c1ccccc1. The highest BCUT2D eigenvalue weighted by atomic mass is 33.1. The lowest BCUT2D eigenvalue weighted by atomic mass is 10.4. The van der Waals surface area contributed by atoms with Gasteiger partial charge in [0.25, 0.3) is 0 Å². The molecule has 0 aliphatic heterocycles. The molecule has 0 fully saturated rings. The fraction of sp³-hybridized carbons (Fsp3) is 0.250. The predicted molar refractivity (Wildman–Crippen MR) is 114 cm³/mol. The number of thioether (sulfide) groups is 2. The van der Waals surface area contributed by atoms with E-state index in [-0.39, 0.29) is 10.2 Å². The second-order valence-electron chi connectivity index (χ2n) is 4.24. The number of carbonyl (C=O) groups excluding carboxylic acids is 2. The van der Waals surface area contributed by atoms with Crippen molar-refractivity contribution < 1.29 is 14.2 Å². The molecule has 0 saturated carbocycles. The molecule has 0 N–H and O–H groups in total. The minimum atomic E-state index is -2.68. The van der Waals surface area contributed by atoms with E-state index in [0.717, 1.165) is 5.30 Å². The van der Waals surface area contributed by atoms with Crippen molar-refractivity contribution in [3.05, 3.63) is 55.6 Å². The first kappa shape index (κ1) is 21.7. The Morgan fingerprint density at radius 2 is 1.33 bits per heavy atom. The van der Waals surface area contributed by atoms with Crippen LogP contribution in [0.5, 0.6) is 0 Å². The molecule has 0 bridgehead atoms. The second-order valence-corrected chi connectivity index (χ2v) is 14.6. The number of carbonyl (C=O) groups is 2. The van der Waals surface area contributed by atoms with Crippen molar-refractivity contribution in [2.45, 2.75) is 0 Å². The summed E-state index contributed by atoms with van der Waals surface area (Å²) in [6.45, 7) is 6.87. The Morgan fingerprint density at radius 1 is 0.875 bits per heavy atom. The maximum atomic E-state index is 13.3. The van der Waals surface area contributed by atoms with Crippen LogP contribution in [0.2, 0.25) is 0 Å². The summed E-state index contributed by atoms with van der Waals surface area (Å²) in [7, 11) is 0. The summed E-state index contributed by atoms with van der Waals surface area (Å²) in [4.78, 5) is 22.5. The summed E-state index contributed by atoms with van der Waals surface area (Å²) >= 11 is 5.14. The number of rotatable bonds is 11. The van der Waals surface area contributed by atoms with Crippen molar-refractivity contribution in [1.29, 1.82) is 0 Å². The maximum Gasteiger partial charge on any atom is 0.219 e. The molecular formula is C16H19O3PS4. The molecule has 0 saturated heterocycles. The quantitative estimate of drug-likeness (QED) is 0.289. The van der Waals surface area contributed by atoms with Crippen LogP contribution in [0.3, 0.4) is 0 Å². The zero-order valence-corrected chi connectivity index (χ0v) is 17.2. The third-order valence-electron chi connectivity index (χ3n) is 2.58. The van der Waals surface area contributed by atoms with Gasteiger partial charge in [0.15, 0.2) is 0 Å². The predicted octanol–water partition coefficient (Wildman–Crippen LogP) is 4.86. The molecule has 1 aromatic carbocycles. The van der Waals surface area contributed by atoms with Crippen LogP contribution < -0.4 is 5.30 Å². The van der Waals surface area contributed by atoms with E-state index in [1.807, 2.05) is 30.3 Å². The van der Waals surface area contributed by atoms with Crippen LogP contribution >= 0.6 is 51.8 Å². The van der Waals surface area contributed by atoms with E-state index in [9.17, 15) is 14.2 Å². The molecule has 0 spiro atoms. The summed E-state index contributed by atoms with van der Waals surface area (Å²) in [6, 6.07) is 9.36. The summed E-state index contributed by atoms with van der Waals surface area (Å²) < 4.78 is 13.3. The average Bonchev–Trinajstić information content (AvgIpc) is 2.62. The molecule has 3 nitrogen and oxygen atoms in total. The van der Waals surface area contributed by atoms with Gasteiger partial charge in [-0.15, -0.1) is 0 Å². The molecule has 0 radical (unpaired) electrons. The highest BCUT2D eigenvalue weighted by molar-refractivity contribution is 8.92. The van der Waals surface area contributed by atoms with Crippen LogP contribution in [0, 0.1) is 0 Å². The number of hydrogen-bond acceptors (Lipinski definition) is 7. The van der Waals surface area contributed by atoms with Crippen molar-refractivity contribution in [2.75, 3.05) is 23.0 Å². The molecule has 0 aliphatic carbocycles. The largest absolute Gasteiger partial charge is 0.295 e. The Kier molecular flexibility index (Phi) is 10.9. The molecule has 0 amide bonds. The monoisotopic (exact) mass is 418 g/mol. The maximum absolute atomic E-state index is 13.3. The first-order valence-corrected chi connectivity index (χ1v) is 13.9. The fourth-order valence-electron chi connectivity index (χ4n) is 1.51. The molecule has 0 aliphatic rings. The highest BCUT2D eigenvalue weighted by Crippen LogP contribution is 2.67. The van der Waals surface area contributed by atoms with Gasteiger partial charge in [-0.05, 0) is 24.3 Å². The summed E-state index contributed by atoms with van der Waals surface area (Å²) in [5, 5.41) is 0.661. The molecule has 1 rings (SSSR count). The van der Waals surface area contributed by atoms with Gasteiger partial charge >= 0.3 is 0 Å². The number of hydrogen-bond donors (Lipinski definition) is 0. The van der Waals surface area contributed by atoms with Crippen LogP contribution in [0.1, 0.15) is 0 Å². The molecule has 130 valence electrons. The van der Waals surface area contributed by atoms with Gasteiger partial charge in [-0.3, -0.25) is 14.2 Å². The molecule has 24 heavy (non-hydrogen) atoms. The van der Waals surface area contributed by atoms with Gasteiger partial charge in [0.1, 0.15) is 0 Å². The molecule has 0 unspecified atom stereocenters. The Morgan fingerprint density at radius 3 is 1.75 bits per heavy atom. The van der Waals surface area contributed by atoms with Gasteiger partial charge in [0.2, 0.25) is 15.8 Å². The summed E-state index contributed by atoms with van der Waals surface area (Å²) in [6.07, 6.45) is 2.57. The fourth-order valence-corrected chi connectivity index (χ4v) is 11.5. The molecule has 8 heteroatoms. The standard InChI is InChI=1S/C16H19O3PS4/c1-3-15(17)21-10-12-23-20(19,14-8-6-5-7-9-14)24-13-11-22-16(18)4-2/h3-9H,1-2,10-13H2. The Bertz CT molecular complexity index is 587. The molecule has 0 aromatic heterocycles. The van der Waals surface area contributed by atoms with Gasteiger partial charge in [-0.2, -0.15) is 0 Å². The molecule has 0 atom stereocenters. The lowest BCUT2D eigenvalue weighted by molar-refractivity contribution is -0.107. The van der Waals surface area contributed by atoms with E-state index < -0.39 is 5.55 Å². The van der Waals surface area contributed by atoms with Crippen LogP contribution in [0.4, 0.5) is 0 Å². The van der Waals surface area contributed by atoms with Crippen LogP contribution in [0.25, 0.3) is 0 Å². The number of benzene rings is 1.